The van der Waals surface area contributed by atoms with Crippen molar-refractivity contribution in [2.24, 2.45) is 0 Å². The first-order valence-corrected chi connectivity index (χ1v) is 7.40. The van der Waals surface area contributed by atoms with Crippen LogP contribution in [-0.4, -0.2) is 32.2 Å². The van der Waals surface area contributed by atoms with Crippen molar-refractivity contribution in [1.29, 1.82) is 0 Å². The van der Waals surface area contributed by atoms with Gasteiger partial charge in [0, 0.05) is 24.9 Å². The fourth-order valence-electron chi connectivity index (χ4n) is 2.17. The van der Waals surface area contributed by atoms with E-state index in [1.165, 1.54) is 0 Å². The smallest absolute Gasteiger partial charge is 0.241 e. The maximum atomic E-state index is 12.3. The maximum Gasteiger partial charge on any atom is 0.241 e. The van der Waals surface area contributed by atoms with E-state index in [-0.39, 0.29) is 11.9 Å². The van der Waals surface area contributed by atoms with Gasteiger partial charge in [-0.15, -0.1) is 0 Å². The molecular formula is C18H22N2O2. The second-order valence-corrected chi connectivity index (χ2v) is 5.07. The second-order valence-electron chi connectivity index (χ2n) is 5.07. The molecule has 0 aliphatic rings. The summed E-state index contributed by atoms with van der Waals surface area (Å²) in [5.74, 6) is -0.0560. The number of carbonyl (C=O) groups excluding carboxylic acids is 1. The minimum atomic E-state index is -0.279. The average Bonchev–Trinajstić information content (AvgIpc) is 2.56. The number of hydrogen-bond acceptors (Lipinski definition) is 3. The number of nitrogens with one attached hydrogen (secondary N) is 2. The summed E-state index contributed by atoms with van der Waals surface area (Å²) in [7, 11) is 1.64. The van der Waals surface area contributed by atoms with Crippen molar-refractivity contribution in [3.05, 3.63) is 54.6 Å². The van der Waals surface area contributed by atoms with Crippen LogP contribution < -0.4 is 10.6 Å². The predicted molar refractivity (Wildman–Crippen MR) is 89.8 cm³/mol. The zero-order valence-corrected chi connectivity index (χ0v) is 13.0. The summed E-state index contributed by atoms with van der Waals surface area (Å²) in [4.78, 5) is 12.3. The highest BCUT2D eigenvalue weighted by Crippen LogP contribution is 2.27. The summed E-state index contributed by atoms with van der Waals surface area (Å²) in [5, 5.41) is 6.12. The first kappa shape index (κ1) is 16.2. The number of hydrogen-bond donors (Lipinski definition) is 2. The molecule has 4 heteroatoms. The van der Waals surface area contributed by atoms with E-state index in [9.17, 15) is 4.79 Å². The van der Waals surface area contributed by atoms with Crippen LogP contribution in [0.15, 0.2) is 54.6 Å². The third-order valence-corrected chi connectivity index (χ3v) is 3.42. The first-order chi connectivity index (χ1) is 10.7. The lowest BCUT2D eigenvalue weighted by molar-refractivity contribution is -0.117. The van der Waals surface area contributed by atoms with Gasteiger partial charge in [-0.2, -0.15) is 0 Å². The second kappa shape index (κ2) is 8.32. The van der Waals surface area contributed by atoms with Gasteiger partial charge in [-0.25, -0.2) is 0 Å². The Morgan fingerprint density at radius 2 is 1.77 bits per heavy atom. The number of carbonyl (C=O) groups is 1. The van der Waals surface area contributed by atoms with Gasteiger partial charge < -0.3 is 15.4 Å². The predicted octanol–water partition coefficient (Wildman–Crippen LogP) is 2.92. The molecule has 0 saturated heterocycles. The molecular weight excluding hydrogens is 276 g/mol. The fourth-order valence-corrected chi connectivity index (χ4v) is 2.17. The molecule has 0 spiro atoms. The van der Waals surface area contributed by atoms with Gasteiger partial charge in [0.25, 0.3) is 0 Å². The van der Waals surface area contributed by atoms with Crippen LogP contribution in [0.4, 0.5) is 5.69 Å². The number of para-hydroxylation sites is 1. The van der Waals surface area contributed by atoms with Gasteiger partial charge >= 0.3 is 0 Å². The minimum absolute atomic E-state index is 0.0560. The molecule has 0 aromatic heterocycles. The number of ether oxygens (including phenoxy) is 1. The van der Waals surface area contributed by atoms with Gasteiger partial charge in [0.2, 0.25) is 5.91 Å². The number of anilines is 1. The highest BCUT2D eigenvalue weighted by molar-refractivity contribution is 5.98. The Balaban J connectivity index is 2.08. The van der Waals surface area contributed by atoms with Crippen LogP contribution in [-0.2, 0) is 9.53 Å². The molecule has 2 N–H and O–H groups in total. The van der Waals surface area contributed by atoms with E-state index >= 15 is 0 Å². The Labute approximate surface area is 131 Å². The Morgan fingerprint density at radius 3 is 2.50 bits per heavy atom. The number of methoxy groups -OCH3 is 1. The maximum absolute atomic E-state index is 12.3. The Kier molecular flexibility index (Phi) is 6.13. The van der Waals surface area contributed by atoms with Crippen LogP contribution >= 0.6 is 0 Å². The molecule has 2 rings (SSSR count). The molecule has 0 saturated carbocycles. The van der Waals surface area contributed by atoms with Crippen molar-refractivity contribution in [2.75, 3.05) is 25.6 Å². The Morgan fingerprint density at radius 1 is 1.09 bits per heavy atom. The topological polar surface area (TPSA) is 50.4 Å². The summed E-state index contributed by atoms with van der Waals surface area (Å²) in [6.45, 7) is 3.07. The van der Waals surface area contributed by atoms with Gasteiger partial charge in [-0.1, -0.05) is 48.5 Å². The molecule has 22 heavy (non-hydrogen) atoms. The molecule has 0 heterocycles. The van der Waals surface area contributed by atoms with Crippen LogP contribution in [0.3, 0.4) is 0 Å². The molecule has 0 bridgehead atoms. The molecule has 0 fully saturated rings. The molecule has 0 radical (unpaired) electrons. The van der Waals surface area contributed by atoms with Gasteiger partial charge in [-0.3, -0.25) is 4.79 Å². The van der Waals surface area contributed by atoms with Gasteiger partial charge in [0.1, 0.15) is 0 Å². The van der Waals surface area contributed by atoms with Crippen molar-refractivity contribution in [3.63, 3.8) is 0 Å². The molecule has 116 valence electrons. The van der Waals surface area contributed by atoms with Crippen molar-refractivity contribution in [1.82, 2.24) is 5.32 Å². The lowest BCUT2D eigenvalue weighted by Crippen LogP contribution is -2.39. The third kappa shape index (κ3) is 4.41. The highest BCUT2D eigenvalue weighted by Gasteiger charge is 2.14. The van der Waals surface area contributed by atoms with Crippen LogP contribution in [0, 0.1) is 0 Å². The first-order valence-electron chi connectivity index (χ1n) is 7.40. The van der Waals surface area contributed by atoms with Gasteiger partial charge in [-0.05, 0) is 18.6 Å². The van der Waals surface area contributed by atoms with E-state index in [1.807, 2.05) is 61.5 Å². The van der Waals surface area contributed by atoms with Gasteiger partial charge in [0.05, 0.1) is 12.6 Å². The molecule has 4 nitrogen and oxygen atoms in total. The standard InChI is InChI=1S/C18H22N2O2/c1-14(19-12-13-22-2)18(21)20-17-11-7-6-10-16(17)15-8-4-3-5-9-15/h3-11,14,19H,12-13H2,1-2H3,(H,20,21)/t14-/m0/s1. The zero-order valence-electron chi connectivity index (χ0n) is 13.0. The molecule has 1 amide bonds. The van der Waals surface area contributed by atoms with Crippen molar-refractivity contribution < 1.29 is 9.53 Å². The van der Waals surface area contributed by atoms with Crippen LogP contribution in [0.2, 0.25) is 0 Å². The van der Waals surface area contributed by atoms with E-state index in [0.29, 0.717) is 13.2 Å². The van der Waals surface area contributed by atoms with Crippen LogP contribution in [0.1, 0.15) is 6.92 Å². The summed E-state index contributed by atoms with van der Waals surface area (Å²) >= 11 is 0. The minimum Gasteiger partial charge on any atom is -0.383 e. The van der Waals surface area contributed by atoms with Crippen LogP contribution in [0.25, 0.3) is 11.1 Å². The average molecular weight is 298 g/mol. The lowest BCUT2D eigenvalue weighted by Gasteiger charge is -2.16. The Hall–Kier alpha value is -2.17. The summed E-state index contributed by atoms with van der Waals surface area (Å²) in [6.07, 6.45) is 0. The largest absolute Gasteiger partial charge is 0.383 e. The number of rotatable bonds is 7. The molecule has 2 aromatic carbocycles. The van der Waals surface area contributed by atoms with E-state index < -0.39 is 0 Å². The normalized spacial score (nSPS) is 11.9. The van der Waals surface area contributed by atoms with E-state index in [0.717, 1.165) is 16.8 Å². The summed E-state index contributed by atoms with van der Waals surface area (Å²) in [6, 6.07) is 17.6. The highest BCUT2D eigenvalue weighted by atomic mass is 16.5. The van der Waals surface area contributed by atoms with Crippen molar-refractivity contribution >= 4 is 11.6 Å². The molecule has 0 aliphatic carbocycles. The van der Waals surface area contributed by atoms with Crippen molar-refractivity contribution in [3.8, 4) is 11.1 Å². The Bertz CT molecular complexity index is 599. The SMILES string of the molecule is COCCN[C@@H](C)C(=O)Nc1ccccc1-c1ccccc1. The summed E-state index contributed by atoms with van der Waals surface area (Å²) < 4.78 is 4.97. The zero-order chi connectivity index (χ0) is 15.8. The number of benzene rings is 2. The molecule has 1 atom stereocenters. The molecule has 2 aromatic rings. The van der Waals surface area contributed by atoms with E-state index in [2.05, 4.69) is 10.6 Å². The number of amides is 1. The van der Waals surface area contributed by atoms with Crippen molar-refractivity contribution in [2.45, 2.75) is 13.0 Å². The summed E-state index contributed by atoms with van der Waals surface area (Å²) in [5.41, 5.74) is 2.91. The molecule has 0 unspecified atom stereocenters. The fraction of sp³-hybridized carbons (Fsp3) is 0.278. The third-order valence-electron chi connectivity index (χ3n) is 3.42. The monoisotopic (exact) mass is 298 g/mol. The van der Waals surface area contributed by atoms with E-state index in [1.54, 1.807) is 7.11 Å². The molecule has 0 aliphatic heterocycles. The van der Waals surface area contributed by atoms with Gasteiger partial charge in [0.15, 0.2) is 0 Å². The van der Waals surface area contributed by atoms with E-state index in [4.69, 9.17) is 4.74 Å². The quantitative estimate of drug-likeness (QED) is 0.773. The lowest BCUT2D eigenvalue weighted by atomic mass is 10.0. The van der Waals surface area contributed by atoms with Crippen LogP contribution in [0.5, 0.6) is 0 Å².